The summed E-state index contributed by atoms with van der Waals surface area (Å²) < 4.78 is 0. The summed E-state index contributed by atoms with van der Waals surface area (Å²) in [5.41, 5.74) is 0. The van der Waals surface area contributed by atoms with Crippen LogP contribution >= 0.6 is 0 Å². The molecule has 0 saturated carbocycles. The Morgan fingerprint density at radius 3 is 0.400 bits per heavy atom. The Labute approximate surface area is 57.4 Å². The third-order valence-electron chi connectivity index (χ3n) is 0. The molecule has 0 N–H and O–H groups in total. The van der Waals surface area contributed by atoms with E-state index in [-0.39, 0.29) is 57.3 Å². The Kier molecular flexibility index (Phi) is 1470. The molecule has 0 saturated heterocycles. The number of hydrogen-bond acceptors (Lipinski definition) is 0. The molecule has 0 spiro atoms. The largest absolute Gasteiger partial charge is 2.00 e. The third-order valence-corrected chi connectivity index (χ3v) is 0. The van der Waals surface area contributed by atoms with Gasteiger partial charge in [0, 0.05) is 40.8 Å². The topological polar surface area (TPSA) is 85.5 Å². The van der Waals surface area contributed by atoms with Crippen LogP contribution in [0.15, 0.2) is 0 Å². The first-order chi connectivity index (χ1) is 0. The first-order valence-corrected chi connectivity index (χ1v) is 0. The van der Waals surface area contributed by atoms with E-state index in [0.717, 1.165) is 0 Å². The molecule has 2 radical (unpaired) electrons. The molecule has 5 heteroatoms. The SMILES string of the molecule is [O-2].[O-2].[O-2].[Re].[Re]. The fourth-order valence-corrected chi connectivity index (χ4v) is 0. The van der Waals surface area contributed by atoms with Crippen molar-refractivity contribution in [2.45, 2.75) is 0 Å². The van der Waals surface area contributed by atoms with Crippen LogP contribution in [0.5, 0.6) is 0 Å². The van der Waals surface area contributed by atoms with Gasteiger partial charge in [0.2, 0.25) is 0 Å². The van der Waals surface area contributed by atoms with Crippen molar-refractivity contribution in [1.82, 2.24) is 0 Å². The second kappa shape index (κ2) is 63.4. The van der Waals surface area contributed by atoms with Gasteiger partial charge in [-0.3, -0.25) is 0 Å². The van der Waals surface area contributed by atoms with Crippen LogP contribution in [0, 0.1) is 0 Å². The van der Waals surface area contributed by atoms with Gasteiger partial charge in [0.05, 0.1) is 0 Å². The van der Waals surface area contributed by atoms with Crippen molar-refractivity contribution in [1.29, 1.82) is 0 Å². The molecule has 0 aliphatic carbocycles. The zero-order valence-electron chi connectivity index (χ0n) is 1.98. The summed E-state index contributed by atoms with van der Waals surface area (Å²) in [5.74, 6) is 0. The van der Waals surface area contributed by atoms with E-state index in [1.165, 1.54) is 0 Å². The molecule has 0 aliphatic rings. The average Bonchev–Trinajstić information content (AvgIpc) is 0. The van der Waals surface area contributed by atoms with Crippen molar-refractivity contribution in [3.63, 3.8) is 0 Å². The summed E-state index contributed by atoms with van der Waals surface area (Å²) >= 11 is 0. The molecule has 0 atom stereocenters. The van der Waals surface area contributed by atoms with Gasteiger partial charge < -0.3 is 16.4 Å². The summed E-state index contributed by atoms with van der Waals surface area (Å²) in [4.78, 5) is 0. The summed E-state index contributed by atoms with van der Waals surface area (Å²) in [7, 11) is 0. The van der Waals surface area contributed by atoms with Crippen LogP contribution in [0.1, 0.15) is 0 Å². The number of hydrogen-bond donors (Lipinski definition) is 0. The van der Waals surface area contributed by atoms with Crippen molar-refractivity contribution in [2.75, 3.05) is 0 Å². The van der Waals surface area contributed by atoms with E-state index >= 15 is 0 Å². The van der Waals surface area contributed by atoms with E-state index in [1.54, 1.807) is 0 Å². The summed E-state index contributed by atoms with van der Waals surface area (Å²) in [6.45, 7) is 0. The van der Waals surface area contributed by atoms with Gasteiger partial charge in [-0.1, -0.05) is 0 Å². The van der Waals surface area contributed by atoms with Gasteiger partial charge >= 0.3 is 0 Å². The van der Waals surface area contributed by atoms with Gasteiger partial charge in [-0.2, -0.15) is 0 Å². The molecule has 0 rings (SSSR count). The second-order valence-corrected chi connectivity index (χ2v) is 0. The van der Waals surface area contributed by atoms with E-state index in [4.69, 9.17) is 0 Å². The molecular weight excluding hydrogens is 420 g/mol. The van der Waals surface area contributed by atoms with Gasteiger partial charge in [0.1, 0.15) is 0 Å². The zero-order chi connectivity index (χ0) is 0. The van der Waals surface area contributed by atoms with Gasteiger partial charge in [-0.05, 0) is 0 Å². The minimum absolute atomic E-state index is 0. The molecule has 0 unspecified atom stereocenters. The van der Waals surface area contributed by atoms with Crippen LogP contribution in [0.2, 0.25) is 0 Å². The smallest absolute Gasteiger partial charge is 0 e. The molecule has 0 fully saturated rings. The summed E-state index contributed by atoms with van der Waals surface area (Å²) in [6.07, 6.45) is 0. The normalized spacial score (nSPS) is 0. The maximum Gasteiger partial charge on any atom is 0 e. The summed E-state index contributed by atoms with van der Waals surface area (Å²) in [5, 5.41) is 0. The van der Waals surface area contributed by atoms with Gasteiger partial charge in [-0.25, -0.2) is 0 Å². The van der Waals surface area contributed by atoms with Crippen molar-refractivity contribution in [3.05, 3.63) is 0 Å². The quantitative estimate of drug-likeness (QED) is 0.513. The maximum absolute atomic E-state index is 0. The van der Waals surface area contributed by atoms with E-state index in [9.17, 15) is 0 Å². The molecular formula is O3Re2-6. The Balaban J connectivity index is 0. The fraction of sp³-hybridized carbons (Fsp3) is 0. The Hall–Kier alpha value is 1.20. The van der Waals surface area contributed by atoms with E-state index < -0.39 is 0 Å². The first kappa shape index (κ1) is 116. The van der Waals surface area contributed by atoms with E-state index in [1.807, 2.05) is 0 Å². The standard InChI is InChI=1S/3O.2Re/q3*-2;;. The summed E-state index contributed by atoms with van der Waals surface area (Å²) in [6, 6.07) is 0. The minimum atomic E-state index is 0. The van der Waals surface area contributed by atoms with Gasteiger partial charge in [-0.15, -0.1) is 0 Å². The molecule has 0 bridgehead atoms. The average molecular weight is 420 g/mol. The molecule has 3 nitrogen and oxygen atoms in total. The maximum atomic E-state index is 0. The van der Waals surface area contributed by atoms with Crippen LogP contribution in [-0.4, -0.2) is 0 Å². The Morgan fingerprint density at radius 1 is 0.400 bits per heavy atom. The minimum Gasteiger partial charge on any atom is -2.00 e. The van der Waals surface area contributed by atoms with E-state index in [2.05, 4.69) is 0 Å². The van der Waals surface area contributed by atoms with Crippen molar-refractivity contribution < 1.29 is 57.3 Å². The van der Waals surface area contributed by atoms with Gasteiger partial charge in [0.25, 0.3) is 0 Å². The van der Waals surface area contributed by atoms with Crippen molar-refractivity contribution >= 4 is 0 Å². The van der Waals surface area contributed by atoms with E-state index in [0.29, 0.717) is 0 Å². The molecule has 0 aromatic rings. The molecule has 0 aromatic heterocycles. The predicted octanol–water partition coefficient (Wildman–Crippen LogP) is -0.361. The van der Waals surface area contributed by atoms with Gasteiger partial charge in [0.15, 0.2) is 0 Å². The van der Waals surface area contributed by atoms with Crippen LogP contribution in [0.3, 0.4) is 0 Å². The molecule has 0 heterocycles. The molecule has 0 aromatic carbocycles. The molecule has 0 amide bonds. The molecule has 38 valence electrons. The second-order valence-electron chi connectivity index (χ2n) is 0. The number of rotatable bonds is 0. The monoisotopic (exact) mass is 422 g/mol. The Bertz CT molecular complexity index is 4.85. The van der Waals surface area contributed by atoms with Crippen LogP contribution in [-0.2, 0) is 57.3 Å². The Morgan fingerprint density at radius 2 is 0.400 bits per heavy atom. The first-order valence-electron chi connectivity index (χ1n) is 0. The van der Waals surface area contributed by atoms with Crippen LogP contribution < -0.4 is 0 Å². The van der Waals surface area contributed by atoms with Crippen molar-refractivity contribution in [3.8, 4) is 0 Å². The van der Waals surface area contributed by atoms with Crippen LogP contribution in [0.4, 0.5) is 0 Å². The third kappa shape index (κ3) is 36.8. The van der Waals surface area contributed by atoms with Crippen molar-refractivity contribution in [2.24, 2.45) is 0 Å². The molecule has 5 heavy (non-hydrogen) atoms. The fourth-order valence-electron chi connectivity index (χ4n) is 0. The molecule has 0 aliphatic heterocycles. The zero-order valence-corrected chi connectivity index (χ0v) is 7.41. The van der Waals surface area contributed by atoms with Crippen LogP contribution in [0.25, 0.3) is 0 Å². The predicted molar refractivity (Wildman–Crippen MR) is 2.06 cm³/mol.